The molecule has 128 valence electrons. The molecule has 0 bridgehead atoms. The lowest BCUT2D eigenvalue weighted by Gasteiger charge is -2.33. The summed E-state index contributed by atoms with van der Waals surface area (Å²) in [6, 6.07) is 5.22. The van der Waals surface area contributed by atoms with Crippen LogP contribution < -0.4 is 0 Å². The van der Waals surface area contributed by atoms with E-state index in [0.717, 1.165) is 0 Å². The number of likely N-dealkylation sites (tertiary alicyclic amines) is 1. The van der Waals surface area contributed by atoms with E-state index in [4.69, 9.17) is 4.74 Å². The van der Waals surface area contributed by atoms with Gasteiger partial charge in [0.1, 0.15) is 5.60 Å². The lowest BCUT2D eigenvalue weighted by molar-refractivity contribution is 0.0219. The van der Waals surface area contributed by atoms with Gasteiger partial charge in [-0.25, -0.2) is 13.2 Å². The molecular formula is C16H24N2O4S. The second-order valence-electron chi connectivity index (χ2n) is 6.82. The normalized spacial score (nSPS) is 19.4. The van der Waals surface area contributed by atoms with Gasteiger partial charge in [-0.2, -0.15) is 0 Å². The molecular weight excluding hydrogens is 316 g/mol. The molecule has 1 fully saturated rings. The Bertz CT molecular complexity index is 638. The number of nitrogens with zero attached hydrogens (tertiary/aromatic N) is 2. The number of amides is 1. The Morgan fingerprint density at radius 3 is 2.74 bits per heavy atom. The SMILES string of the molecule is CC(C)(C)OC(=O)N1CCC[C@@H](S(=O)(=O)Cc2ccccn2)C1. The van der Waals surface area contributed by atoms with Crippen LogP contribution >= 0.6 is 0 Å². The monoisotopic (exact) mass is 340 g/mol. The van der Waals surface area contributed by atoms with Gasteiger partial charge in [-0.05, 0) is 45.7 Å². The molecule has 2 rings (SSSR count). The molecule has 1 aliphatic heterocycles. The average molecular weight is 340 g/mol. The molecule has 23 heavy (non-hydrogen) atoms. The van der Waals surface area contributed by atoms with Gasteiger partial charge >= 0.3 is 6.09 Å². The van der Waals surface area contributed by atoms with Crippen molar-refractivity contribution < 1.29 is 17.9 Å². The summed E-state index contributed by atoms with van der Waals surface area (Å²) in [6.45, 7) is 6.10. The first-order chi connectivity index (χ1) is 10.7. The number of aromatic nitrogens is 1. The van der Waals surface area contributed by atoms with Crippen molar-refractivity contribution >= 4 is 15.9 Å². The first-order valence-electron chi connectivity index (χ1n) is 7.77. The van der Waals surface area contributed by atoms with Gasteiger partial charge in [0.05, 0.1) is 16.7 Å². The number of rotatable bonds is 3. The highest BCUT2D eigenvalue weighted by molar-refractivity contribution is 7.91. The van der Waals surface area contributed by atoms with Crippen LogP contribution in [0.1, 0.15) is 39.3 Å². The van der Waals surface area contributed by atoms with Crippen molar-refractivity contribution in [2.45, 2.75) is 50.2 Å². The molecule has 0 aliphatic carbocycles. The Morgan fingerprint density at radius 1 is 1.39 bits per heavy atom. The summed E-state index contributed by atoms with van der Waals surface area (Å²) < 4.78 is 30.5. The molecule has 1 aliphatic rings. The first kappa shape index (κ1) is 17.7. The van der Waals surface area contributed by atoms with Gasteiger partial charge in [0.15, 0.2) is 9.84 Å². The zero-order valence-electron chi connectivity index (χ0n) is 13.9. The number of piperidine rings is 1. The lowest BCUT2D eigenvalue weighted by Crippen LogP contribution is -2.47. The van der Waals surface area contributed by atoms with E-state index >= 15 is 0 Å². The van der Waals surface area contributed by atoms with Crippen LogP contribution in [-0.2, 0) is 20.3 Å². The van der Waals surface area contributed by atoms with E-state index in [9.17, 15) is 13.2 Å². The molecule has 1 aromatic heterocycles. The van der Waals surface area contributed by atoms with E-state index in [1.54, 1.807) is 45.2 Å². The van der Waals surface area contributed by atoms with Crippen molar-refractivity contribution in [2.24, 2.45) is 0 Å². The fourth-order valence-corrected chi connectivity index (χ4v) is 4.28. The van der Waals surface area contributed by atoms with Crippen LogP contribution in [0.5, 0.6) is 0 Å². The molecule has 0 spiro atoms. The zero-order valence-corrected chi connectivity index (χ0v) is 14.7. The predicted octanol–water partition coefficient (Wildman–Crippen LogP) is 2.40. The molecule has 6 nitrogen and oxygen atoms in total. The van der Waals surface area contributed by atoms with Crippen LogP contribution in [0.25, 0.3) is 0 Å². The lowest BCUT2D eigenvalue weighted by atomic mass is 10.1. The van der Waals surface area contributed by atoms with Crippen molar-refractivity contribution in [1.82, 2.24) is 9.88 Å². The zero-order chi connectivity index (χ0) is 17.1. The molecule has 0 aromatic carbocycles. The maximum absolute atomic E-state index is 12.6. The Hall–Kier alpha value is -1.63. The third-order valence-corrected chi connectivity index (χ3v) is 5.71. The van der Waals surface area contributed by atoms with Crippen molar-refractivity contribution in [2.75, 3.05) is 13.1 Å². The molecule has 0 N–H and O–H groups in total. The molecule has 0 unspecified atom stereocenters. The number of hydrogen-bond acceptors (Lipinski definition) is 5. The second-order valence-corrected chi connectivity index (χ2v) is 9.10. The van der Waals surface area contributed by atoms with Crippen LogP contribution in [0.15, 0.2) is 24.4 Å². The van der Waals surface area contributed by atoms with Crippen LogP contribution in [0.4, 0.5) is 4.79 Å². The summed E-state index contributed by atoms with van der Waals surface area (Å²) in [6.07, 6.45) is 2.36. The van der Waals surface area contributed by atoms with Crippen molar-refractivity contribution in [1.29, 1.82) is 0 Å². The van der Waals surface area contributed by atoms with Crippen LogP contribution in [0.3, 0.4) is 0 Å². The Labute approximate surface area is 137 Å². The first-order valence-corrected chi connectivity index (χ1v) is 9.48. The van der Waals surface area contributed by atoms with E-state index in [2.05, 4.69) is 4.98 Å². The summed E-state index contributed by atoms with van der Waals surface area (Å²) in [7, 11) is -3.36. The highest BCUT2D eigenvalue weighted by Gasteiger charge is 2.34. The topological polar surface area (TPSA) is 76.6 Å². The van der Waals surface area contributed by atoms with E-state index < -0.39 is 26.8 Å². The van der Waals surface area contributed by atoms with E-state index in [1.165, 1.54) is 4.90 Å². The highest BCUT2D eigenvalue weighted by atomic mass is 32.2. The minimum absolute atomic E-state index is 0.0966. The Morgan fingerprint density at radius 2 is 2.13 bits per heavy atom. The minimum Gasteiger partial charge on any atom is -0.444 e. The van der Waals surface area contributed by atoms with Gasteiger partial charge in [-0.15, -0.1) is 0 Å². The number of ether oxygens (including phenoxy) is 1. The third kappa shape index (κ3) is 5.20. The molecule has 7 heteroatoms. The summed E-state index contributed by atoms with van der Waals surface area (Å²) >= 11 is 0. The Balaban J connectivity index is 2.04. The fourth-order valence-electron chi connectivity index (χ4n) is 2.53. The summed E-state index contributed by atoms with van der Waals surface area (Å²) in [5.74, 6) is -0.0966. The number of pyridine rings is 1. The van der Waals surface area contributed by atoms with Crippen LogP contribution in [0.2, 0.25) is 0 Å². The molecule has 2 heterocycles. The number of hydrogen-bond donors (Lipinski definition) is 0. The molecule has 1 atom stereocenters. The van der Waals surface area contributed by atoms with Crippen LogP contribution in [-0.4, -0.2) is 48.3 Å². The standard InChI is InChI=1S/C16H24N2O4S/c1-16(2,3)22-15(19)18-10-6-8-14(11-18)23(20,21)12-13-7-4-5-9-17-13/h4-5,7,9,14H,6,8,10-12H2,1-3H3/t14-/m1/s1. The largest absolute Gasteiger partial charge is 0.444 e. The number of carbonyl (C=O) groups excluding carboxylic acids is 1. The maximum Gasteiger partial charge on any atom is 0.410 e. The van der Waals surface area contributed by atoms with E-state index in [1.807, 2.05) is 0 Å². The highest BCUT2D eigenvalue weighted by Crippen LogP contribution is 2.22. The Kier molecular flexibility index (Phi) is 5.29. The predicted molar refractivity (Wildman–Crippen MR) is 87.7 cm³/mol. The van der Waals surface area contributed by atoms with Gasteiger partial charge in [0.2, 0.25) is 0 Å². The quantitative estimate of drug-likeness (QED) is 0.844. The van der Waals surface area contributed by atoms with E-state index in [-0.39, 0.29) is 12.3 Å². The van der Waals surface area contributed by atoms with Crippen molar-refractivity contribution in [3.63, 3.8) is 0 Å². The van der Waals surface area contributed by atoms with Gasteiger partial charge in [-0.1, -0.05) is 6.07 Å². The third-order valence-electron chi connectivity index (χ3n) is 3.61. The molecule has 1 aromatic rings. The smallest absolute Gasteiger partial charge is 0.410 e. The van der Waals surface area contributed by atoms with Gasteiger partial charge < -0.3 is 9.64 Å². The molecule has 0 saturated carbocycles. The molecule has 1 saturated heterocycles. The van der Waals surface area contributed by atoms with Crippen molar-refractivity contribution in [3.05, 3.63) is 30.1 Å². The van der Waals surface area contributed by atoms with E-state index in [0.29, 0.717) is 25.1 Å². The average Bonchev–Trinajstić information content (AvgIpc) is 2.46. The number of carbonyl (C=O) groups is 1. The summed E-state index contributed by atoms with van der Waals surface area (Å²) in [5, 5.41) is -0.564. The van der Waals surface area contributed by atoms with Crippen molar-refractivity contribution in [3.8, 4) is 0 Å². The number of sulfone groups is 1. The molecule has 0 radical (unpaired) electrons. The van der Waals surface area contributed by atoms with Gasteiger partial charge in [0, 0.05) is 19.3 Å². The maximum atomic E-state index is 12.6. The minimum atomic E-state index is -3.36. The van der Waals surface area contributed by atoms with Gasteiger partial charge in [0.25, 0.3) is 0 Å². The second kappa shape index (κ2) is 6.86. The van der Waals surface area contributed by atoms with Gasteiger partial charge in [-0.3, -0.25) is 4.98 Å². The van der Waals surface area contributed by atoms with Crippen LogP contribution in [0, 0.1) is 0 Å². The fraction of sp³-hybridized carbons (Fsp3) is 0.625. The summed E-state index contributed by atoms with van der Waals surface area (Å²) in [4.78, 5) is 17.7. The summed E-state index contributed by atoms with van der Waals surface area (Å²) in [5.41, 5.74) is -0.0569. The molecule has 1 amide bonds.